The van der Waals surface area contributed by atoms with Crippen molar-refractivity contribution in [2.24, 2.45) is 11.8 Å². The molecule has 0 fully saturated rings. The van der Waals surface area contributed by atoms with Crippen molar-refractivity contribution in [1.82, 2.24) is 0 Å². The van der Waals surface area contributed by atoms with Crippen molar-refractivity contribution in [1.29, 1.82) is 0 Å². The molecule has 42 heavy (non-hydrogen) atoms. The molecule has 242 valence electrons. The maximum atomic E-state index is 12.3. The Labute approximate surface area is 257 Å². The van der Waals surface area contributed by atoms with Crippen LogP contribution in [0.2, 0.25) is 0 Å². The van der Waals surface area contributed by atoms with Gasteiger partial charge in [-0.1, -0.05) is 93.9 Å². The second-order valence-electron chi connectivity index (χ2n) is 13.6. The number of unbranched alkanes of at least 4 members (excludes halogenated alkanes) is 2. The lowest BCUT2D eigenvalue weighted by Gasteiger charge is -2.30. The van der Waals surface area contributed by atoms with Crippen molar-refractivity contribution in [3.05, 3.63) is 23.3 Å². The Kier molecular flexibility index (Phi) is 17.2. The van der Waals surface area contributed by atoms with Crippen LogP contribution in [0.1, 0.15) is 156 Å². The highest BCUT2D eigenvalue weighted by atomic mass is 16.5. The molecule has 0 heterocycles. The number of aromatic hydroxyl groups is 2. The molecule has 1 aromatic rings. The zero-order valence-electron chi connectivity index (χ0n) is 28.2. The fourth-order valence-electron chi connectivity index (χ4n) is 5.64. The monoisotopic (exact) mass is 590 g/mol. The molecule has 0 radical (unpaired) electrons. The van der Waals surface area contributed by atoms with E-state index in [-0.39, 0.29) is 23.4 Å². The topological polar surface area (TPSA) is 93.1 Å². The van der Waals surface area contributed by atoms with Gasteiger partial charge in [-0.3, -0.25) is 9.59 Å². The SMILES string of the molecule is CCCCC(CC)COC(=O)CCCC(C)(C)c1cc(O)c(C(C)(C)CCCC(=O)OCC(CC)CCCC)cc1O. The van der Waals surface area contributed by atoms with Crippen molar-refractivity contribution >= 4 is 11.9 Å². The molecule has 6 nitrogen and oxygen atoms in total. The van der Waals surface area contributed by atoms with E-state index in [1.165, 1.54) is 0 Å². The highest BCUT2D eigenvalue weighted by molar-refractivity contribution is 5.69. The fourth-order valence-corrected chi connectivity index (χ4v) is 5.64. The summed E-state index contributed by atoms with van der Waals surface area (Å²) in [5.74, 6) is 0.793. The minimum absolute atomic E-state index is 0.141. The van der Waals surface area contributed by atoms with Gasteiger partial charge in [-0.15, -0.1) is 0 Å². The van der Waals surface area contributed by atoms with Crippen LogP contribution in [0, 0.1) is 11.8 Å². The summed E-state index contributed by atoms with van der Waals surface area (Å²) in [5, 5.41) is 22.0. The van der Waals surface area contributed by atoms with Crippen LogP contribution in [-0.2, 0) is 29.9 Å². The van der Waals surface area contributed by atoms with E-state index >= 15 is 0 Å². The predicted molar refractivity (Wildman–Crippen MR) is 172 cm³/mol. The number of phenolic OH excluding ortho intramolecular Hbond substituents is 2. The molecule has 0 aliphatic carbocycles. The largest absolute Gasteiger partial charge is 0.508 e. The molecule has 2 atom stereocenters. The number of hydrogen-bond acceptors (Lipinski definition) is 6. The van der Waals surface area contributed by atoms with Gasteiger partial charge in [-0.25, -0.2) is 0 Å². The Morgan fingerprint density at radius 2 is 1.02 bits per heavy atom. The molecular weight excluding hydrogens is 528 g/mol. The van der Waals surface area contributed by atoms with Crippen LogP contribution in [0.25, 0.3) is 0 Å². The zero-order chi connectivity index (χ0) is 31.8. The smallest absolute Gasteiger partial charge is 0.305 e. The molecule has 0 aliphatic heterocycles. The number of carbonyl (C=O) groups is 2. The minimum Gasteiger partial charge on any atom is -0.508 e. The second kappa shape index (κ2) is 19.1. The van der Waals surface area contributed by atoms with E-state index in [0.29, 0.717) is 74.7 Å². The molecule has 2 unspecified atom stereocenters. The lowest BCUT2D eigenvalue weighted by Crippen LogP contribution is -2.21. The van der Waals surface area contributed by atoms with E-state index in [1.54, 1.807) is 12.1 Å². The molecular formula is C36H62O6. The first-order chi connectivity index (χ1) is 19.8. The molecule has 6 heteroatoms. The third kappa shape index (κ3) is 13.4. The van der Waals surface area contributed by atoms with Crippen molar-refractivity contribution in [3.63, 3.8) is 0 Å². The Bertz CT molecular complexity index is 859. The molecule has 0 saturated heterocycles. The fraction of sp³-hybridized carbons (Fsp3) is 0.778. The van der Waals surface area contributed by atoms with Gasteiger partial charge in [0.2, 0.25) is 0 Å². The zero-order valence-corrected chi connectivity index (χ0v) is 28.2. The van der Waals surface area contributed by atoms with Crippen molar-refractivity contribution < 1.29 is 29.3 Å². The summed E-state index contributed by atoms with van der Waals surface area (Å²) in [7, 11) is 0. The first-order valence-electron chi connectivity index (χ1n) is 16.7. The average Bonchev–Trinajstić information content (AvgIpc) is 2.93. The van der Waals surface area contributed by atoms with Gasteiger partial charge in [0.05, 0.1) is 13.2 Å². The predicted octanol–water partition coefficient (Wildman–Crippen LogP) is 9.51. The highest BCUT2D eigenvalue weighted by Crippen LogP contribution is 2.43. The van der Waals surface area contributed by atoms with E-state index in [9.17, 15) is 19.8 Å². The molecule has 1 aromatic carbocycles. The van der Waals surface area contributed by atoms with Crippen LogP contribution < -0.4 is 0 Å². The summed E-state index contributed by atoms with van der Waals surface area (Å²) in [4.78, 5) is 24.7. The van der Waals surface area contributed by atoms with Gasteiger partial charge in [0.15, 0.2) is 0 Å². The van der Waals surface area contributed by atoms with Gasteiger partial charge >= 0.3 is 11.9 Å². The molecule has 0 spiro atoms. The van der Waals surface area contributed by atoms with Gasteiger partial charge < -0.3 is 19.7 Å². The van der Waals surface area contributed by atoms with E-state index in [2.05, 4.69) is 27.7 Å². The lowest BCUT2D eigenvalue weighted by molar-refractivity contribution is -0.146. The van der Waals surface area contributed by atoms with Crippen molar-refractivity contribution in [2.75, 3.05) is 13.2 Å². The third-order valence-corrected chi connectivity index (χ3v) is 8.98. The van der Waals surface area contributed by atoms with Gasteiger partial charge in [0, 0.05) is 24.0 Å². The Balaban J connectivity index is 2.67. The quantitative estimate of drug-likeness (QED) is 0.103. The first kappa shape index (κ1) is 37.8. The highest BCUT2D eigenvalue weighted by Gasteiger charge is 2.30. The van der Waals surface area contributed by atoms with E-state index in [1.807, 2.05) is 27.7 Å². The number of rotatable bonds is 22. The molecule has 1 rings (SSSR count). The van der Waals surface area contributed by atoms with Crippen LogP contribution in [0.3, 0.4) is 0 Å². The number of benzene rings is 1. The van der Waals surface area contributed by atoms with Crippen LogP contribution in [0.15, 0.2) is 12.1 Å². The van der Waals surface area contributed by atoms with Crippen LogP contribution in [0.4, 0.5) is 0 Å². The molecule has 0 aliphatic rings. The van der Waals surface area contributed by atoms with Gasteiger partial charge in [-0.2, -0.15) is 0 Å². The van der Waals surface area contributed by atoms with E-state index in [0.717, 1.165) is 51.4 Å². The Morgan fingerprint density at radius 1 is 0.667 bits per heavy atom. The minimum atomic E-state index is -0.436. The first-order valence-corrected chi connectivity index (χ1v) is 16.7. The van der Waals surface area contributed by atoms with E-state index < -0.39 is 10.8 Å². The summed E-state index contributed by atoms with van der Waals surface area (Å²) >= 11 is 0. The number of esters is 2. The van der Waals surface area contributed by atoms with Crippen LogP contribution in [0.5, 0.6) is 11.5 Å². The molecule has 0 aromatic heterocycles. The lowest BCUT2D eigenvalue weighted by atomic mass is 9.75. The number of phenols is 2. The van der Waals surface area contributed by atoms with Crippen LogP contribution >= 0.6 is 0 Å². The number of carbonyl (C=O) groups excluding carboxylic acids is 2. The maximum Gasteiger partial charge on any atom is 0.305 e. The van der Waals surface area contributed by atoms with Crippen LogP contribution in [-0.4, -0.2) is 35.4 Å². The Morgan fingerprint density at radius 3 is 1.33 bits per heavy atom. The summed E-state index contributed by atoms with van der Waals surface area (Å²) in [5.41, 5.74) is 0.454. The van der Waals surface area contributed by atoms with Gasteiger partial charge in [0.1, 0.15) is 11.5 Å². The summed E-state index contributed by atoms with van der Waals surface area (Å²) in [6.07, 6.45) is 12.1. The van der Waals surface area contributed by atoms with E-state index in [4.69, 9.17) is 9.47 Å². The maximum absolute atomic E-state index is 12.3. The summed E-state index contributed by atoms with van der Waals surface area (Å²) < 4.78 is 11.1. The van der Waals surface area contributed by atoms with Crippen molar-refractivity contribution in [2.45, 2.75) is 156 Å². The van der Waals surface area contributed by atoms with Gasteiger partial charge in [-0.05, 0) is 73.3 Å². The normalized spacial score (nSPS) is 13.5. The summed E-state index contributed by atoms with van der Waals surface area (Å²) in [6, 6.07) is 3.33. The van der Waals surface area contributed by atoms with Gasteiger partial charge in [0.25, 0.3) is 0 Å². The molecule has 0 saturated carbocycles. The standard InChI is InChI=1S/C36H62O6/c1-9-13-17-27(11-3)25-41-33(39)19-15-21-35(5,6)29-23-32(38)30(24-31(29)37)36(7,8)22-16-20-34(40)42-26-28(12-4)18-14-10-2/h23-24,27-28,37-38H,9-22,25-26H2,1-8H3. The third-order valence-electron chi connectivity index (χ3n) is 8.98. The average molecular weight is 591 g/mol. The van der Waals surface area contributed by atoms with Crippen molar-refractivity contribution in [3.8, 4) is 11.5 Å². The number of hydrogen-bond donors (Lipinski definition) is 2. The number of ether oxygens (including phenoxy) is 2. The Hall–Kier alpha value is -2.24. The molecule has 0 amide bonds. The molecule has 0 bridgehead atoms. The molecule has 2 N–H and O–H groups in total. The summed E-state index contributed by atoms with van der Waals surface area (Å²) in [6.45, 7) is 17.7. The second-order valence-corrected chi connectivity index (χ2v) is 13.6.